The molecule has 2 atom stereocenters. The average molecular weight is 373 g/mol. The summed E-state index contributed by atoms with van der Waals surface area (Å²) >= 11 is 0. The van der Waals surface area contributed by atoms with Gasteiger partial charge >= 0.3 is 0 Å². The second-order valence-electron chi connectivity index (χ2n) is 5.93. The predicted octanol–water partition coefficient (Wildman–Crippen LogP) is 0.963. The molecule has 3 N–H and O–H groups in total. The number of carbonyl (C=O) groups excluding carboxylic acids is 1. The third kappa shape index (κ3) is 3.76. The third-order valence-corrected chi connectivity index (χ3v) is 5.42. The molecule has 0 fully saturated rings. The fourth-order valence-corrected chi connectivity index (χ4v) is 3.86. The largest absolute Gasteiger partial charge is 0.387 e. The number of hydrogen-bond acceptors (Lipinski definition) is 5. The van der Waals surface area contributed by atoms with E-state index in [1.807, 2.05) is 6.07 Å². The van der Waals surface area contributed by atoms with Crippen LogP contribution in [0.1, 0.15) is 24.2 Å². The number of carbonyl (C=O) groups is 1. The van der Waals surface area contributed by atoms with Gasteiger partial charge in [-0.05, 0) is 24.6 Å². The highest BCUT2D eigenvalue weighted by atomic mass is 32.2. The molecule has 0 bridgehead atoms. The van der Waals surface area contributed by atoms with Gasteiger partial charge in [-0.3, -0.25) is 14.5 Å². The highest BCUT2D eigenvalue weighted by Gasteiger charge is 2.31. The van der Waals surface area contributed by atoms with E-state index in [-0.39, 0.29) is 17.3 Å². The first-order valence-electron chi connectivity index (χ1n) is 8.09. The van der Waals surface area contributed by atoms with Crippen LogP contribution in [-0.2, 0) is 14.8 Å². The van der Waals surface area contributed by atoms with Crippen LogP contribution in [0.2, 0.25) is 0 Å². The SMILES string of the molecule is C[C@H](N=C1NS(=O)(=O)c2ccccc21)C(=O)NC[C@@H](O)c1ccccc1. The van der Waals surface area contributed by atoms with Gasteiger partial charge in [0, 0.05) is 12.1 Å². The molecule has 1 aliphatic rings. The number of nitrogens with one attached hydrogen (secondary N) is 2. The number of nitrogens with zero attached hydrogens (tertiary/aromatic N) is 1. The van der Waals surface area contributed by atoms with E-state index in [0.29, 0.717) is 11.1 Å². The number of rotatable bonds is 5. The molecule has 26 heavy (non-hydrogen) atoms. The lowest BCUT2D eigenvalue weighted by Crippen LogP contribution is -2.36. The normalized spacial score (nSPS) is 18.6. The Kier molecular flexibility index (Phi) is 5.06. The fourth-order valence-electron chi connectivity index (χ4n) is 2.62. The molecule has 7 nitrogen and oxygen atoms in total. The van der Waals surface area contributed by atoms with Crippen molar-refractivity contribution >= 4 is 21.8 Å². The van der Waals surface area contributed by atoms with Crippen molar-refractivity contribution in [1.82, 2.24) is 10.0 Å². The molecule has 2 aromatic rings. The number of sulfonamides is 1. The Balaban J connectivity index is 1.67. The zero-order chi connectivity index (χ0) is 18.7. The minimum atomic E-state index is -3.64. The van der Waals surface area contributed by atoms with E-state index in [2.05, 4.69) is 15.0 Å². The van der Waals surface area contributed by atoms with Crippen molar-refractivity contribution in [2.24, 2.45) is 4.99 Å². The molecule has 0 aliphatic carbocycles. The molecular weight excluding hydrogens is 354 g/mol. The van der Waals surface area contributed by atoms with Gasteiger partial charge in [-0.1, -0.05) is 42.5 Å². The molecule has 1 aliphatic heterocycles. The van der Waals surface area contributed by atoms with E-state index in [0.717, 1.165) is 0 Å². The van der Waals surface area contributed by atoms with E-state index in [9.17, 15) is 18.3 Å². The van der Waals surface area contributed by atoms with Crippen LogP contribution in [0.4, 0.5) is 0 Å². The monoisotopic (exact) mass is 373 g/mol. The van der Waals surface area contributed by atoms with Crippen LogP contribution in [0, 0.1) is 0 Å². The standard InChI is InChI=1S/C18H19N3O4S/c1-12(18(23)19-11-15(22)13-7-3-2-4-8-13)20-17-14-9-5-6-10-16(14)26(24,25)21-17/h2-10,12,15,22H,11H2,1H3,(H,19,23)(H,20,21)/t12-,15+/m0/s1. The van der Waals surface area contributed by atoms with Crippen molar-refractivity contribution in [3.63, 3.8) is 0 Å². The van der Waals surface area contributed by atoms with Crippen molar-refractivity contribution < 1.29 is 18.3 Å². The highest BCUT2D eigenvalue weighted by molar-refractivity contribution is 7.90. The highest BCUT2D eigenvalue weighted by Crippen LogP contribution is 2.22. The summed E-state index contributed by atoms with van der Waals surface area (Å²) in [7, 11) is -3.64. The van der Waals surface area contributed by atoms with Crippen LogP contribution in [0.15, 0.2) is 64.5 Å². The first kappa shape index (κ1) is 18.1. The van der Waals surface area contributed by atoms with Crippen LogP contribution < -0.4 is 10.0 Å². The molecule has 3 rings (SSSR count). The van der Waals surface area contributed by atoms with Gasteiger partial charge in [0.1, 0.15) is 11.9 Å². The maximum atomic E-state index is 12.2. The molecule has 0 unspecified atom stereocenters. The average Bonchev–Trinajstić information content (AvgIpc) is 2.90. The number of fused-ring (bicyclic) bond motifs is 1. The van der Waals surface area contributed by atoms with Gasteiger partial charge < -0.3 is 10.4 Å². The Hall–Kier alpha value is -2.71. The van der Waals surface area contributed by atoms with Gasteiger partial charge in [-0.2, -0.15) is 0 Å². The van der Waals surface area contributed by atoms with Crippen LogP contribution in [0.5, 0.6) is 0 Å². The van der Waals surface area contributed by atoms with Crippen LogP contribution in [-0.4, -0.2) is 37.9 Å². The molecule has 0 spiro atoms. The van der Waals surface area contributed by atoms with E-state index < -0.39 is 28.1 Å². The first-order valence-corrected chi connectivity index (χ1v) is 9.57. The number of amidine groups is 1. The number of amides is 1. The Bertz CT molecular complexity index is 942. The summed E-state index contributed by atoms with van der Waals surface area (Å²) in [6.07, 6.45) is -0.828. The molecule has 0 saturated carbocycles. The lowest BCUT2D eigenvalue weighted by Gasteiger charge is -2.14. The van der Waals surface area contributed by atoms with Crippen molar-refractivity contribution in [3.05, 3.63) is 65.7 Å². The van der Waals surface area contributed by atoms with E-state index in [4.69, 9.17) is 0 Å². The van der Waals surface area contributed by atoms with Crippen molar-refractivity contribution in [1.29, 1.82) is 0 Å². The quantitative estimate of drug-likeness (QED) is 0.725. The number of aliphatic hydroxyl groups is 1. The summed E-state index contributed by atoms with van der Waals surface area (Å²) in [5.74, 6) is -0.261. The maximum Gasteiger partial charge on any atom is 0.263 e. The molecule has 2 aromatic carbocycles. The van der Waals surface area contributed by atoms with E-state index in [1.54, 1.807) is 49.4 Å². The van der Waals surface area contributed by atoms with Crippen LogP contribution in [0.3, 0.4) is 0 Å². The van der Waals surface area contributed by atoms with Gasteiger partial charge in [0.2, 0.25) is 5.91 Å². The Labute approximate surface area is 151 Å². The summed E-state index contributed by atoms with van der Waals surface area (Å²) in [5.41, 5.74) is 1.14. The Morgan fingerprint density at radius 2 is 1.81 bits per heavy atom. The third-order valence-electron chi connectivity index (χ3n) is 4.02. The van der Waals surface area contributed by atoms with Crippen molar-refractivity contribution in [2.75, 3.05) is 6.54 Å². The minimum absolute atomic E-state index is 0.0420. The van der Waals surface area contributed by atoms with Crippen LogP contribution >= 0.6 is 0 Å². The summed E-state index contributed by atoms with van der Waals surface area (Å²) in [5, 5.41) is 12.7. The summed E-state index contributed by atoms with van der Waals surface area (Å²) < 4.78 is 26.5. The number of aliphatic hydroxyl groups excluding tert-OH is 1. The summed E-state index contributed by atoms with van der Waals surface area (Å²) in [4.78, 5) is 16.6. The number of aliphatic imine (C=N–C) groups is 1. The van der Waals surface area contributed by atoms with Gasteiger partial charge in [0.05, 0.1) is 11.0 Å². The zero-order valence-corrected chi connectivity index (χ0v) is 14.9. The molecule has 0 radical (unpaired) electrons. The van der Waals surface area contributed by atoms with Crippen molar-refractivity contribution in [3.8, 4) is 0 Å². The van der Waals surface area contributed by atoms with E-state index in [1.165, 1.54) is 6.07 Å². The van der Waals surface area contributed by atoms with Gasteiger partial charge in [0.15, 0.2) is 0 Å². The topological polar surface area (TPSA) is 108 Å². The molecule has 1 amide bonds. The Morgan fingerprint density at radius 1 is 1.15 bits per heavy atom. The smallest absolute Gasteiger partial charge is 0.263 e. The molecule has 136 valence electrons. The Morgan fingerprint density at radius 3 is 2.54 bits per heavy atom. The lowest BCUT2D eigenvalue weighted by molar-refractivity contribution is -0.122. The van der Waals surface area contributed by atoms with Gasteiger partial charge in [0.25, 0.3) is 10.0 Å². The van der Waals surface area contributed by atoms with Gasteiger partial charge in [-0.15, -0.1) is 0 Å². The molecule has 0 aromatic heterocycles. The minimum Gasteiger partial charge on any atom is -0.387 e. The van der Waals surface area contributed by atoms with E-state index >= 15 is 0 Å². The van der Waals surface area contributed by atoms with Gasteiger partial charge in [-0.25, -0.2) is 8.42 Å². The summed E-state index contributed by atoms with van der Waals surface area (Å²) in [6.45, 7) is 1.60. The zero-order valence-electron chi connectivity index (χ0n) is 14.1. The first-order chi connectivity index (χ1) is 12.4. The maximum absolute atomic E-state index is 12.2. The molecule has 1 heterocycles. The number of benzene rings is 2. The molecule has 8 heteroatoms. The second kappa shape index (κ2) is 7.27. The second-order valence-corrected chi connectivity index (χ2v) is 7.58. The predicted molar refractivity (Wildman–Crippen MR) is 97.2 cm³/mol. The van der Waals surface area contributed by atoms with Crippen LogP contribution in [0.25, 0.3) is 0 Å². The van der Waals surface area contributed by atoms with Crippen molar-refractivity contribution in [2.45, 2.75) is 24.0 Å². The summed E-state index contributed by atoms with van der Waals surface area (Å²) in [6, 6.07) is 14.6. The fraction of sp³-hybridized carbons (Fsp3) is 0.222. The number of hydrogen-bond donors (Lipinski definition) is 3. The molecule has 0 saturated heterocycles. The molecular formula is C18H19N3O4S. The lowest BCUT2D eigenvalue weighted by atomic mass is 10.1.